The van der Waals surface area contributed by atoms with Gasteiger partial charge in [-0.2, -0.15) is 0 Å². The third-order valence-corrected chi connectivity index (χ3v) is 4.72. The summed E-state index contributed by atoms with van der Waals surface area (Å²) in [6.07, 6.45) is 8.63. The van der Waals surface area contributed by atoms with E-state index < -0.39 is 5.60 Å². The molecule has 0 aliphatic heterocycles. The van der Waals surface area contributed by atoms with E-state index in [4.69, 9.17) is 0 Å². The molecule has 114 valence electrons. The van der Waals surface area contributed by atoms with Crippen molar-refractivity contribution in [1.29, 1.82) is 0 Å². The van der Waals surface area contributed by atoms with Crippen LogP contribution in [0.5, 0.6) is 0 Å². The number of para-hydroxylation sites is 1. The summed E-state index contributed by atoms with van der Waals surface area (Å²) in [7, 11) is 0. The molecule has 1 aliphatic rings. The topological polar surface area (TPSA) is 55.9 Å². The number of nitrogens with zero attached hydrogens (tertiary/aromatic N) is 4. The van der Waals surface area contributed by atoms with Crippen LogP contribution >= 0.6 is 0 Å². The van der Waals surface area contributed by atoms with E-state index >= 15 is 0 Å². The van der Waals surface area contributed by atoms with Crippen LogP contribution in [0.4, 0.5) is 0 Å². The highest BCUT2D eigenvalue weighted by molar-refractivity contribution is 5.74. The van der Waals surface area contributed by atoms with E-state index in [1.807, 2.05) is 58.0 Å². The Hall–Kier alpha value is -2.14. The van der Waals surface area contributed by atoms with E-state index in [9.17, 15) is 5.11 Å². The molecule has 5 heteroatoms. The summed E-state index contributed by atoms with van der Waals surface area (Å²) in [5, 5.41) is 19.9. The van der Waals surface area contributed by atoms with Gasteiger partial charge in [-0.25, -0.2) is 4.68 Å². The van der Waals surface area contributed by atoms with E-state index in [1.165, 1.54) is 6.42 Å². The predicted molar refractivity (Wildman–Crippen MR) is 84.4 cm³/mol. The van der Waals surface area contributed by atoms with Gasteiger partial charge in [0.25, 0.3) is 0 Å². The predicted octanol–water partition coefficient (Wildman–Crippen LogP) is 2.97. The van der Waals surface area contributed by atoms with Gasteiger partial charge in [-0.15, -0.1) is 5.10 Å². The van der Waals surface area contributed by atoms with Crippen molar-refractivity contribution in [2.24, 2.45) is 0 Å². The molecule has 0 spiro atoms. The fraction of sp³-hybridized carbons (Fsp3) is 0.412. The third-order valence-electron chi connectivity index (χ3n) is 4.72. The number of rotatable bonds is 3. The van der Waals surface area contributed by atoms with Crippen molar-refractivity contribution < 1.29 is 5.11 Å². The lowest BCUT2D eigenvalue weighted by Crippen LogP contribution is -2.45. The summed E-state index contributed by atoms with van der Waals surface area (Å²) in [6, 6.07) is 11.9. The molecule has 0 radical (unpaired) electrons. The first-order chi connectivity index (χ1) is 10.8. The van der Waals surface area contributed by atoms with E-state index in [1.54, 1.807) is 0 Å². The van der Waals surface area contributed by atoms with Crippen molar-refractivity contribution in [3.05, 3.63) is 48.8 Å². The molecule has 2 heterocycles. The molecule has 1 N–H and O–H groups in total. The molecule has 1 saturated carbocycles. The highest BCUT2D eigenvalue weighted by atomic mass is 16.3. The van der Waals surface area contributed by atoms with Gasteiger partial charge in [-0.3, -0.25) is 0 Å². The van der Waals surface area contributed by atoms with Gasteiger partial charge in [-0.1, -0.05) is 36.6 Å². The zero-order valence-electron chi connectivity index (χ0n) is 12.5. The smallest absolute Gasteiger partial charge is 0.157 e. The van der Waals surface area contributed by atoms with Crippen LogP contribution in [-0.2, 0) is 0 Å². The number of benzene rings is 1. The summed E-state index contributed by atoms with van der Waals surface area (Å²) in [4.78, 5) is 0. The Morgan fingerprint density at radius 2 is 1.73 bits per heavy atom. The van der Waals surface area contributed by atoms with Crippen molar-refractivity contribution >= 4 is 11.0 Å². The van der Waals surface area contributed by atoms with Crippen LogP contribution in [0.1, 0.15) is 38.3 Å². The van der Waals surface area contributed by atoms with E-state index in [0.29, 0.717) is 0 Å². The Bertz CT molecular complexity index is 756. The minimum absolute atomic E-state index is 0.254. The maximum Gasteiger partial charge on any atom is 0.157 e. The van der Waals surface area contributed by atoms with E-state index in [-0.39, 0.29) is 6.17 Å². The normalized spacial score (nSPS) is 19.3. The van der Waals surface area contributed by atoms with Crippen LogP contribution in [0.2, 0.25) is 0 Å². The second-order valence-electron chi connectivity index (χ2n) is 6.19. The van der Waals surface area contributed by atoms with Crippen molar-refractivity contribution in [3.8, 4) is 0 Å². The maximum absolute atomic E-state index is 11.3. The monoisotopic (exact) mass is 296 g/mol. The molecular weight excluding hydrogens is 276 g/mol. The zero-order valence-corrected chi connectivity index (χ0v) is 12.5. The molecule has 0 saturated heterocycles. The molecule has 3 aromatic rings. The second-order valence-corrected chi connectivity index (χ2v) is 6.19. The maximum atomic E-state index is 11.3. The van der Waals surface area contributed by atoms with Gasteiger partial charge in [0.05, 0.1) is 5.52 Å². The van der Waals surface area contributed by atoms with Crippen molar-refractivity contribution in [1.82, 2.24) is 19.6 Å². The first-order valence-electron chi connectivity index (χ1n) is 7.93. The Morgan fingerprint density at radius 1 is 1.00 bits per heavy atom. The van der Waals surface area contributed by atoms with Gasteiger partial charge in [0.1, 0.15) is 11.1 Å². The molecule has 22 heavy (non-hydrogen) atoms. The van der Waals surface area contributed by atoms with Crippen molar-refractivity contribution in [3.63, 3.8) is 0 Å². The number of fused-ring (bicyclic) bond motifs is 1. The average Bonchev–Trinajstić information content (AvgIpc) is 3.19. The SMILES string of the molecule is OC1(C(n2cccc2)n2nnc3ccccc32)CCCCC1. The lowest BCUT2D eigenvalue weighted by atomic mass is 9.82. The summed E-state index contributed by atoms with van der Waals surface area (Å²) in [5.74, 6) is 0. The fourth-order valence-corrected chi connectivity index (χ4v) is 3.63. The molecule has 1 atom stereocenters. The van der Waals surface area contributed by atoms with Gasteiger partial charge >= 0.3 is 0 Å². The molecule has 1 aliphatic carbocycles. The van der Waals surface area contributed by atoms with Gasteiger partial charge in [-0.05, 0) is 37.1 Å². The third kappa shape index (κ3) is 2.13. The minimum atomic E-state index is -0.784. The Balaban J connectivity index is 1.87. The molecule has 2 aromatic heterocycles. The van der Waals surface area contributed by atoms with Crippen LogP contribution < -0.4 is 0 Å². The summed E-state index contributed by atoms with van der Waals surface area (Å²) < 4.78 is 3.92. The molecule has 1 aromatic carbocycles. The summed E-state index contributed by atoms with van der Waals surface area (Å²) >= 11 is 0. The van der Waals surface area contributed by atoms with Crippen molar-refractivity contribution in [2.45, 2.75) is 43.9 Å². The average molecular weight is 296 g/mol. The molecule has 1 unspecified atom stereocenters. The van der Waals surface area contributed by atoms with E-state index in [2.05, 4.69) is 10.3 Å². The van der Waals surface area contributed by atoms with Crippen LogP contribution in [0, 0.1) is 0 Å². The zero-order chi connectivity index (χ0) is 15.0. The summed E-state index contributed by atoms with van der Waals surface area (Å²) in [5.41, 5.74) is 1.03. The Labute approximate surface area is 129 Å². The van der Waals surface area contributed by atoms with Crippen LogP contribution in [0.25, 0.3) is 11.0 Å². The number of aromatic nitrogens is 4. The van der Waals surface area contributed by atoms with Crippen LogP contribution in [0.15, 0.2) is 48.8 Å². The van der Waals surface area contributed by atoms with Crippen LogP contribution in [-0.4, -0.2) is 30.3 Å². The Kier molecular flexibility index (Phi) is 3.22. The Morgan fingerprint density at radius 3 is 2.50 bits per heavy atom. The number of hydrogen-bond acceptors (Lipinski definition) is 3. The largest absolute Gasteiger partial charge is 0.386 e. The number of aliphatic hydroxyl groups is 1. The quantitative estimate of drug-likeness (QED) is 0.808. The first-order valence-corrected chi connectivity index (χ1v) is 7.93. The molecule has 4 rings (SSSR count). The standard InChI is InChI=1S/C17H20N4O/c22-17(10-4-1-5-11-17)16(20-12-6-7-13-20)21-15-9-3-2-8-14(15)18-19-21/h2-3,6-9,12-13,16,22H,1,4-5,10-11H2. The minimum Gasteiger partial charge on any atom is -0.386 e. The lowest BCUT2D eigenvalue weighted by molar-refractivity contribution is -0.0562. The van der Waals surface area contributed by atoms with Gasteiger partial charge in [0, 0.05) is 12.4 Å². The van der Waals surface area contributed by atoms with E-state index in [0.717, 1.165) is 36.7 Å². The van der Waals surface area contributed by atoms with Crippen LogP contribution in [0.3, 0.4) is 0 Å². The molecule has 5 nitrogen and oxygen atoms in total. The second kappa shape index (κ2) is 5.25. The summed E-state index contributed by atoms with van der Waals surface area (Å²) in [6.45, 7) is 0. The molecule has 1 fully saturated rings. The highest BCUT2D eigenvalue weighted by Gasteiger charge is 2.41. The number of hydrogen-bond donors (Lipinski definition) is 1. The molecule has 0 amide bonds. The first kappa shape index (κ1) is 13.5. The molecule has 0 bridgehead atoms. The van der Waals surface area contributed by atoms with Gasteiger partial charge < -0.3 is 9.67 Å². The van der Waals surface area contributed by atoms with Gasteiger partial charge in [0.2, 0.25) is 0 Å². The molecular formula is C17H20N4O. The van der Waals surface area contributed by atoms with Gasteiger partial charge in [0.15, 0.2) is 6.17 Å². The highest BCUT2D eigenvalue weighted by Crippen LogP contribution is 2.38. The lowest BCUT2D eigenvalue weighted by Gasteiger charge is -2.39. The van der Waals surface area contributed by atoms with Crippen molar-refractivity contribution in [2.75, 3.05) is 0 Å². The fourth-order valence-electron chi connectivity index (χ4n) is 3.63.